The van der Waals surface area contributed by atoms with Gasteiger partial charge in [0.05, 0.1) is 26.4 Å². The van der Waals surface area contributed by atoms with E-state index in [2.05, 4.69) is 27.7 Å². The Morgan fingerprint density at radius 3 is 0.532 bits per heavy atom. The van der Waals surface area contributed by atoms with Crippen LogP contribution in [0.1, 0.15) is 509 Å². The SMILES string of the molecule is CCCCCCCCCCCCCCCCCCCCCCCCC(=O)O[C@H](COC(=O)CCCCCCCCCCCCCCCCCCCCCC)COP(=O)(O)OC[C@@H](O)COP(=O)(O)OC[C@@H](COC(=O)CCCCCCCCCCCC)OC(=O)CCCCCCCCCCCCCCCCCCCCC. The van der Waals surface area contributed by atoms with Gasteiger partial charge in [-0.3, -0.25) is 37.3 Å². The third kappa shape index (κ3) is 85.8. The molecule has 0 heterocycles. The average Bonchev–Trinajstić information content (AvgIpc) is 0.899. The molecule has 17 nitrogen and oxygen atoms in total. The lowest BCUT2D eigenvalue weighted by molar-refractivity contribution is -0.161. The fraction of sp³-hybridized carbons (Fsp3) is 0.957. The number of hydrogen-bond donors (Lipinski definition) is 3. The predicted octanol–water partition coefficient (Wildman–Crippen LogP) is 28.9. The lowest BCUT2D eigenvalue weighted by atomic mass is 10.0. The van der Waals surface area contributed by atoms with Gasteiger partial charge in [0.25, 0.3) is 0 Å². The third-order valence-corrected chi connectivity index (χ3v) is 23.8. The van der Waals surface area contributed by atoms with Gasteiger partial charge in [0.1, 0.15) is 19.3 Å². The Morgan fingerprint density at radius 1 is 0.216 bits per heavy atom. The van der Waals surface area contributed by atoms with E-state index in [1.54, 1.807) is 0 Å². The fourth-order valence-corrected chi connectivity index (χ4v) is 16.2. The molecule has 0 radical (unpaired) electrons. The monoisotopic (exact) mass is 1620 g/mol. The Hall–Kier alpha value is -1.94. The maximum absolute atomic E-state index is 13.2. The van der Waals surface area contributed by atoms with Gasteiger partial charge in [0, 0.05) is 25.7 Å². The highest BCUT2D eigenvalue weighted by atomic mass is 31.2. The molecule has 0 rings (SSSR count). The van der Waals surface area contributed by atoms with Crippen LogP contribution in [-0.2, 0) is 65.4 Å². The van der Waals surface area contributed by atoms with Crippen LogP contribution in [0.3, 0.4) is 0 Å². The van der Waals surface area contributed by atoms with Crippen LogP contribution < -0.4 is 0 Å². The Balaban J connectivity index is 5.20. The second-order valence-corrected chi connectivity index (χ2v) is 36.0. The van der Waals surface area contributed by atoms with Crippen LogP contribution in [0.5, 0.6) is 0 Å². The molecule has 0 amide bonds. The molecular formula is C92H180O17P2. The van der Waals surface area contributed by atoms with Gasteiger partial charge in [0.2, 0.25) is 0 Å². The third-order valence-electron chi connectivity index (χ3n) is 21.9. The molecule has 111 heavy (non-hydrogen) atoms. The minimum Gasteiger partial charge on any atom is -0.462 e. The molecule has 0 aromatic carbocycles. The zero-order chi connectivity index (χ0) is 81.0. The molecule has 19 heteroatoms. The summed E-state index contributed by atoms with van der Waals surface area (Å²) in [6.07, 6.45) is 83.6. The van der Waals surface area contributed by atoms with Gasteiger partial charge in [-0.15, -0.1) is 0 Å². The highest BCUT2D eigenvalue weighted by molar-refractivity contribution is 7.47. The second kappa shape index (κ2) is 85.9. The van der Waals surface area contributed by atoms with Gasteiger partial charge >= 0.3 is 39.5 Å². The molecule has 0 saturated heterocycles. The summed E-state index contributed by atoms with van der Waals surface area (Å²) in [6.45, 7) is 5.08. The van der Waals surface area contributed by atoms with Crippen LogP contribution in [0.4, 0.5) is 0 Å². The number of carbonyl (C=O) groups is 4. The van der Waals surface area contributed by atoms with Crippen molar-refractivity contribution in [2.45, 2.75) is 528 Å². The highest BCUT2D eigenvalue weighted by Crippen LogP contribution is 2.45. The zero-order valence-electron chi connectivity index (χ0n) is 73.0. The lowest BCUT2D eigenvalue weighted by Crippen LogP contribution is -2.30. The molecule has 0 aliphatic heterocycles. The van der Waals surface area contributed by atoms with E-state index in [1.807, 2.05) is 0 Å². The minimum absolute atomic E-state index is 0.110. The van der Waals surface area contributed by atoms with Crippen LogP contribution in [0.2, 0.25) is 0 Å². The summed E-state index contributed by atoms with van der Waals surface area (Å²) in [6, 6.07) is 0. The predicted molar refractivity (Wildman–Crippen MR) is 460 cm³/mol. The first-order valence-electron chi connectivity index (χ1n) is 47.8. The average molecular weight is 1620 g/mol. The quantitative estimate of drug-likeness (QED) is 0.0222. The van der Waals surface area contributed by atoms with E-state index in [-0.39, 0.29) is 25.7 Å². The molecule has 5 atom stereocenters. The molecule has 0 aliphatic carbocycles. The summed E-state index contributed by atoms with van der Waals surface area (Å²) in [5.41, 5.74) is 0. The molecule has 0 bridgehead atoms. The van der Waals surface area contributed by atoms with Crippen molar-refractivity contribution in [3.8, 4) is 0 Å². The van der Waals surface area contributed by atoms with E-state index < -0.39 is 97.5 Å². The van der Waals surface area contributed by atoms with Gasteiger partial charge in [-0.1, -0.05) is 458 Å². The first-order chi connectivity index (χ1) is 54.2. The molecule has 3 N–H and O–H groups in total. The Bertz CT molecular complexity index is 2090. The van der Waals surface area contributed by atoms with Crippen LogP contribution in [-0.4, -0.2) is 96.7 Å². The van der Waals surface area contributed by atoms with Crippen molar-refractivity contribution in [1.29, 1.82) is 0 Å². The molecule has 0 aromatic heterocycles. The number of unbranched alkanes of at least 4 members (excludes halogenated alkanes) is 67. The number of aliphatic hydroxyl groups excluding tert-OH is 1. The number of ether oxygens (including phenoxy) is 4. The van der Waals surface area contributed by atoms with E-state index in [0.717, 1.165) is 89.9 Å². The first-order valence-corrected chi connectivity index (χ1v) is 50.8. The number of rotatable bonds is 93. The standard InChI is InChI=1S/C92H180O17P2/c1-5-9-13-17-21-25-29-32-35-38-41-43-44-47-50-53-56-59-63-67-71-75-79-92(97)109-88(83-103-90(95)77-73-69-65-61-57-54-51-48-46-42-39-36-33-30-26-22-18-14-10-6-2)85-107-111(100,101)105-81-86(93)80-104-110(98,99)106-84-87(82-102-89(94)76-72-68-64-60-28-24-20-16-12-8-4)108-91(96)78-74-70-66-62-58-55-52-49-45-40-37-34-31-27-23-19-15-11-7-3/h86-88,93H,5-85H2,1-4H3,(H,98,99)(H,100,101)/t86-,87+,88+/m0/s1. The Kier molecular flexibility index (Phi) is 84.4. The van der Waals surface area contributed by atoms with Crippen molar-refractivity contribution in [3.63, 3.8) is 0 Å². The van der Waals surface area contributed by atoms with Crippen LogP contribution in [0.15, 0.2) is 0 Å². The van der Waals surface area contributed by atoms with Crippen molar-refractivity contribution in [3.05, 3.63) is 0 Å². The van der Waals surface area contributed by atoms with E-state index in [0.29, 0.717) is 25.7 Å². The second-order valence-electron chi connectivity index (χ2n) is 33.1. The maximum atomic E-state index is 13.2. The summed E-state index contributed by atoms with van der Waals surface area (Å²) in [7, 11) is -9.93. The van der Waals surface area contributed by atoms with E-state index in [4.69, 9.17) is 37.0 Å². The fourth-order valence-electron chi connectivity index (χ4n) is 14.6. The van der Waals surface area contributed by atoms with Crippen molar-refractivity contribution >= 4 is 39.5 Å². The van der Waals surface area contributed by atoms with Crippen molar-refractivity contribution in [1.82, 2.24) is 0 Å². The summed E-state index contributed by atoms with van der Waals surface area (Å²) in [5, 5.41) is 10.7. The molecule has 660 valence electrons. The van der Waals surface area contributed by atoms with Gasteiger partial charge in [-0.25, -0.2) is 9.13 Å². The summed E-state index contributed by atoms with van der Waals surface area (Å²) in [4.78, 5) is 73.4. The molecular weight excluding hydrogens is 1440 g/mol. The van der Waals surface area contributed by atoms with Gasteiger partial charge in [0.15, 0.2) is 12.2 Å². The van der Waals surface area contributed by atoms with Crippen LogP contribution >= 0.6 is 15.6 Å². The molecule has 0 fully saturated rings. The van der Waals surface area contributed by atoms with Crippen molar-refractivity contribution in [2.75, 3.05) is 39.6 Å². The van der Waals surface area contributed by atoms with Gasteiger partial charge < -0.3 is 33.8 Å². The highest BCUT2D eigenvalue weighted by Gasteiger charge is 2.31. The summed E-state index contributed by atoms with van der Waals surface area (Å²) >= 11 is 0. The summed E-state index contributed by atoms with van der Waals surface area (Å²) < 4.78 is 69.1. The Morgan fingerprint density at radius 2 is 0.360 bits per heavy atom. The van der Waals surface area contributed by atoms with Gasteiger partial charge in [-0.2, -0.15) is 0 Å². The smallest absolute Gasteiger partial charge is 0.462 e. The lowest BCUT2D eigenvalue weighted by Gasteiger charge is -2.21. The van der Waals surface area contributed by atoms with E-state index in [1.165, 1.54) is 340 Å². The first kappa shape index (κ1) is 109. The zero-order valence-corrected chi connectivity index (χ0v) is 74.7. The van der Waals surface area contributed by atoms with Crippen molar-refractivity contribution < 1.29 is 80.2 Å². The minimum atomic E-state index is -4.97. The topological polar surface area (TPSA) is 237 Å². The van der Waals surface area contributed by atoms with Gasteiger partial charge in [-0.05, 0) is 25.7 Å². The number of phosphoric acid groups is 2. The largest absolute Gasteiger partial charge is 0.472 e. The van der Waals surface area contributed by atoms with Crippen LogP contribution in [0.25, 0.3) is 0 Å². The maximum Gasteiger partial charge on any atom is 0.472 e. The number of esters is 4. The number of hydrogen-bond acceptors (Lipinski definition) is 15. The van der Waals surface area contributed by atoms with Crippen molar-refractivity contribution in [2.24, 2.45) is 0 Å². The van der Waals surface area contributed by atoms with E-state index >= 15 is 0 Å². The Labute approximate surface area is 683 Å². The number of aliphatic hydroxyl groups is 1. The molecule has 0 aromatic rings. The molecule has 0 saturated carbocycles. The molecule has 0 spiro atoms. The van der Waals surface area contributed by atoms with Crippen LogP contribution in [0, 0.1) is 0 Å². The summed E-state index contributed by atoms with van der Waals surface area (Å²) in [5.74, 6) is -2.09. The number of carbonyl (C=O) groups excluding carboxylic acids is 4. The van der Waals surface area contributed by atoms with E-state index in [9.17, 15) is 43.2 Å². The molecule has 0 aliphatic rings. The normalized spacial score (nSPS) is 13.6. The molecule has 2 unspecified atom stereocenters. The number of phosphoric ester groups is 2.